The van der Waals surface area contributed by atoms with Gasteiger partial charge in [-0.15, -0.1) is 0 Å². The fourth-order valence-corrected chi connectivity index (χ4v) is 10.6. The quantitative estimate of drug-likeness (QED) is 0.168. The van der Waals surface area contributed by atoms with Gasteiger partial charge in [0.2, 0.25) is 0 Å². The van der Waals surface area contributed by atoms with Crippen molar-refractivity contribution in [2.24, 2.45) is 0 Å². The van der Waals surface area contributed by atoms with Gasteiger partial charge in [0.1, 0.15) is 11.2 Å². The van der Waals surface area contributed by atoms with Crippen LogP contribution >= 0.6 is 0 Å². The molecule has 0 saturated carbocycles. The number of anilines is 3. The van der Waals surface area contributed by atoms with Crippen molar-refractivity contribution in [3.05, 3.63) is 246 Å². The summed E-state index contributed by atoms with van der Waals surface area (Å²) in [6.45, 7) is 4.71. The van der Waals surface area contributed by atoms with E-state index in [1.165, 1.54) is 66.8 Å². The largest absolute Gasteiger partial charge is 0.456 e. The van der Waals surface area contributed by atoms with Crippen LogP contribution in [0.3, 0.4) is 0 Å². The maximum absolute atomic E-state index is 7.00. The molecule has 2 heteroatoms. The first-order chi connectivity index (χ1) is 29.5. The Bertz CT molecular complexity index is 3230. The first-order valence-corrected chi connectivity index (χ1v) is 20.9. The molecule has 0 N–H and O–H groups in total. The van der Waals surface area contributed by atoms with Gasteiger partial charge in [-0.05, 0) is 115 Å². The molecular weight excluding hydrogens is 727 g/mol. The SMILES string of the molecule is CC1(C)c2ccccc2-c2ccc(N(c3ccc(-c4ccccc4)cc3)c3cccc4oc5cc6c(cc5c34)-c3ccccc3C6(c3ccccc3)c3ccccc3)cc21. The molecule has 0 saturated heterocycles. The normalized spacial score (nSPS) is 14.1. The second kappa shape index (κ2) is 13.0. The summed E-state index contributed by atoms with van der Waals surface area (Å²) in [5, 5.41) is 2.20. The molecule has 60 heavy (non-hydrogen) atoms. The number of furan rings is 1. The van der Waals surface area contributed by atoms with Gasteiger partial charge in [-0.2, -0.15) is 0 Å². The second-order valence-electron chi connectivity index (χ2n) is 16.8. The third-order valence-electron chi connectivity index (χ3n) is 13.4. The molecule has 0 aliphatic heterocycles. The van der Waals surface area contributed by atoms with E-state index >= 15 is 0 Å². The molecule has 0 unspecified atom stereocenters. The van der Waals surface area contributed by atoms with Crippen molar-refractivity contribution in [2.75, 3.05) is 4.90 Å². The lowest BCUT2D eigenvalue weighted by Crippen LogP contribution is -2.28. The van der Waals surface area contributed by atoms with E-state index in [2.05, 4.69) is 231 Å². The molecule has 2 nitrogen and oxygen atoms in total. The summed E-state index contributed by atoms with van der Waals surface area (Å²) in [5.41, 5.74) is 19.6. The fraction of sp³-hybridized carbons (Fsp3) is 0.0690. The van der Waals surface area contributed by atoms with E-state index in [-0.39, 0.29) is 5.41 Å². The van der Waals surface area contributed by atoms with Crippen molar-refractivity contribution in [2.45, 2.75) is 24.7 Å². The van der Waals surface area contributed by atoms with E-state index in [4.69, 9.17) is 4.42 Å². The van der Waals surface area contributed by atoms with Gasteiger partial charge in [-0.1, -0.05) is 178 Å². The van der Waals surface area contributed by atoms with E-state index in [0.717, 1.165) is 39.0 Å². The molecule has 284 valence electrons. The van der Waals surface area contributed by atoms with E-state index in [1.54, 1.807) is 0 Å². The summed E-state index contributed by atoms with van der Waals surface area (Å²) in [5.74, 6) is 0. The molecule has 12 rings (SSSR count). The Morgan fingerprint density at radius 1 is 0.383 bits per heavy atom. The molecule has 0 amide bonds. The van der Waals surface area contributed by atoms with Crippen LogP contribution in [-0.4, -0.2) is 0 Å². The molecular formula is C58H41NO. The van der Waals surface area contributed by atoms with Gasteiger partial charge in [0, 0.05) is 22.2 Å². The van der Waals surface area contributed by atoms with Crippen molar-refractivity contribution >= 4 is 39.0 Å². The zero-order valence-corrected chi connectivity index (χ0v) is 33.6. The van der Waals surface area contributed by atoms with Gasteiger partial charge >= 0.3 is 0 Å². The van der Waals surface area contributed by atoms with E-state index in [0.29, 0.717) is 0 Å². The average Bonchev–Trinajstić information content (AvgIpc) is 3.90. The first kappa shape index (κ1) is 34.6. The van der Waals surface area contributed by atoms with Crippen molar-refractivity contribution in [1.82, 2.24) is 0 Å². The summed E-state index contributed by atoms with van der Waals surface area (Å²) in [7, 11) is 0. The number of fused-ring (bicyclic) bond motifs is 9. The smallest absolute Gasteiger partial charge is 0.137 e. The Morgan fingerprint density at radius 3 is 1.65 bits per heavy atom. The molecule has 1 heterocycles. The van der Waals surface area contributed by atoms with Crippen molar-refractivity contribution in [1.29, 1.82) is 0 Å². The molecule has 2 aliphatic carbocycles. The standard InChI is InChI=1S/C58H41NO/c1-57(2)49-25-14-12-23-44(49)46-34-33-43(35-51(46)57)59(42-31-29-39(30-32-42)38-17-6-3-7-18-38)53-27-16-28-54-56(53)48-36-47-45-24-13-15-26-50(45)58(40-19-8-4-9-20-40,41-21-10-5-11-22-41)52(47)37-55(48)60-54/h3-37H,1-2H3. The Kier molecular flexibility index (Phi) is 7.52. The minimum Gasteiger partial charge on any atom is -0.456 e. The maximum atomic E-state index is 7.00. The predicted octanol–water partition coefficient (Wildman–Crippen LogP) is 15.4. The number of hydrogen-bond acceptors (Lipinski definition) is 2. The second-order valence-corrected chi connectivity index (χ2v) is 16.8. The highest BCUT2D eigenvalue weighted by atomic mass is 16.3. The van der Waals surface area contributed by atoms with Crippen LogP contribution in [0.25, 0.3) is 55.3 Å². The van der Waals surface area contributed by atoms with Crippen LogP contribution < -0.4 is 4.90 Å². The molecule has 0 radical (unpaired) electrons. The minimum atomic E-state index is -0.508. The zero-order valence-electron chi connectivity index (χ0n) is 33.6. The molecule has 2 aliphatic rings. The summed E-state index contributed by atoms with van der Waals surface area (Å²) >= 11 is 0. The van der Waals surface area contributed by atoms with Gasteiger partial charge < -0.3 is 9.32 Å². The van der Waals surface area contributed by atoms with E-state index < -0.39 is 5.41 Å². The lowest BCUT2D eigenvalue weighted by Gasteiger charge is -2.33. The van der Waals surface area contributed by atoms with Crippen molar-refractivity contribution < 1.29 is 4.42 Å². The average molecular weight is 768 g/mol. The van der Waals surface area contributed by atoms with Gasteiger partial charge in [-0.3, -0.25) is 0 Å². The Balaban J connectivity index is 1.11. The summed E-state index contributed by atoms with van der Waals surface area (Å²) < 4.78 is 7.00. The first-order valence-electron chi connectivity index (χ1n) is 20.9. The van der Waals surface area contributed by atoms with Crippen LogP contribution in [0, 0.1) is 0 Å². The van der Waals surface area contributed by atoms with Crippen molar-refractivity contribution in [3.63, 3.8) is 0 Å². The highest BCUT2D eigenvalue weighted by Gasteiger charge is 2.46. The van der Waals surface area contributed by atoms with Crippen molar-refractivity contribution in [3.8, 4) is 33.4 Å². The molecule has 0 atom stereocenters. The highest BCUT2D eigenvalue weighted by molar-refractivity contribution is 6.15. The third-order valence-corrected chi connectivity index (χ3v) is 13.4. The van der Waals surface area contributed by atoms with Crippen LogP contribution in [0.5, 0.6) is 0 Å². The van der Waals surface area contributed by atoms with Crippen LogP contribution in [0.2, 0.25) is 0 Å². The molecule has 0 spiro atoms. The third kappa shape index (κ3) is 4.88. The molecule has 1 aromatic heterocycles. The van der Waals surface area contributed by atoms with E-state index in [9.17, 15) is 0 Å². The van der Waals surface area contributed by atoms with E-state index in [1.807, 2.05) is 0 Å². The van der Waals surface area contributed by atoms with Crippen LogP contribution in [0.4, 0.5) is 17.1 Å². The lowest BCUT2D eigenvalue weighted by molar-refractivity contribution is 0.660. The Hall–Kier alpha value is -7.42. The number of rotatable bonds is 6. The number of benzene rings is 9. The van der Waals surface area contributed by atoms with Gasteiger partial charge in [0.05, 0.1) is 16.5 Å². The molecule has 10 aromatic rings. The summed E-state index contributed by atoms with van der Waals surface area (Å²) in [4.78, 5) is 2.44. The van der Waals surface area contributed by atoms with Gasteiger partial charge in [0.25, 0.3) is 0 Å². The van der Waals surface area contributed by atoms with Crippen LogP contribution in [-0.2, 0) is 10.8 Å². The number of hydrogen-bond donors (Lipinski definition) is 0. The molecule has 9 aromatic carbocycles. The lowest BCUT2D eigenvalue weighted by atomic mass is 9.67. The summed E-state index contributed by atoms with van der Waals surface area (Å²) in [6, 6.07) is 77.7. The topological polar surface area (TPSA) is 16.4 Å². The zero-order chi connectivity index (χ0) is 40.0. The summed E-state index contributed by atoms with van der Waals surface area (Å²) in [6.07, 6.45) is 0. The highest BCUT2D eigenvalue weighted by Crippen LogP contribution is 2.58. The van der Waals surface area contributed by atoms with Crippen LogP contribution in [0.1, 0.15) is 47.2 Å². The van der Waals surface area contributed by atoms with Crippen LogP contribution in [0.15, 0.2) is 217 Å². The Morgan fingerprint density at radius 2 is 0.950 bits per heavy atom. The maximum Gasteiger partial charge on any atom is 0.137 e. The number of nitrogens with zero attached hydrogens (tertiary/aromatic N) is 1. The fourth-order valence-electron chi connectivity index (χ4n) is 10.6. The van der Waals surface area contributed by atoms with Gasteiger partial charge in [-0.25, -0.2) is 0 Å². The Labute approximate surface area is 350 Å². The minimum absolute atomic E-state index is 0.142. The van der Waals surface area contributed by atoms with Gasteiger partial charge in [0.15, 0.2) is 0 Å². The molecule has 0 fully saturated rings. The molecule has 0 bridgehead atoms. The predicted molar refractivity (Wildman–Crippen MR) is 249 cm³/mol. The monoisotopic (exact) mass is 767 g/mol.